The van der Waals surface area contributed by atoms with Gasteiger partial charge in [0.15, 0.2) is 0 Å². The average Bonchev–Trinajstić information content (AvgIpc) is 2.16. The highest BCUT2D eigenvalue weighted by Crippen LogP contribution is 2.18. The molecule has 80 valence electrons. The Bertz CT molecular complexity index is 227. The van der Waals surface area contributed by atoms with Crippen LogP contribution in [0.15, 0.2) is 10.1 Å². The highest BCUT2D eigenvalue weighted by atomic mass is 35.5. The minimum Gasteiger partial charge on any atom is -0.243 e. The van der Waals surface area contributed by atoms with Crippen molar-refractivity contribution < 1.29 is 0 Å². The summed E-state index contributed by atoms with van der Waals surface area (Å²) in [5.41, 5.74) is 0. The van der Waals surface area contributed by atoms with Crippen LogP contribution in [-0.2, 0) is 0 Å². The van der Waals surface area contributed by atoms with E-state index in [2.05, 4.69) is 17.1 Å². The van der Waals surface area contributed by atoms with Gasteiger partial charge in [-0.2, -0.15) is 0 Å². The maximum atomic E-state index is 5.89. The summed E-state index contributed by atoms with van der Waals surface area (Å²) in [5, 5.41) is 4.39. The Morgan fingerprint density at radius 1 is 1.50 bits per heavy atom. The summed E-state index contributed by atoms with van der Waals surface area (Å²) in [5.74, 6) is 0. The van der Waals surface area contributed by atoms with E-state index in [0.717, 1.165) is 19.4 Å². The van der Waals surface area contributed by atoms with Crippen LogP contribution < -0.4 is 5.32 Å². The number of allylic oxidation sites excluding steroid dienone is 1. The van der Waals surface area contributed by atoms with E-state index in [0.29, 0.717) is 16.5 Å². The fourth-order valence-corrected chi connectivity index (χ4v) is 1.16. The molecule has 0 aromatic heterocycles. The molecule has 0 spiro atoms. The van der Waals surface area contributed by atoms with E-state index in [-0.39, 0.29) is 6.17 Å². The Labute approximate surface area is 96.1 Å². The van der Waals surface area contributed by atoms with Crippen molar-refractivity contribution in [1.29, 1.82) is 0 Å². The summed E-state index contributed by atoms with van der Waals surface area (Å²) >= 11 is 11.6. The third-order valence-electron chi connectivity index (χ3n) is 1.84. The second kappa shape index (κ2) is 8.11. The lowest BCUT2D eigenvalue weighted by Crippen LogP contribution is -2.26. The van der Waals surface area contributed by atoms with Crippen LogP contribution in [0.2, 0.25) is 0 Å². The molecule has 0 saturated heterocycles. The average molecular weight is 236 g/mol. The molecule has 1 atom stereocenters. The van der Waals surface area contributed by atoms with Crippen molar-refractivity contribution >= 4 is 23.2 Å². The highest BCUT2D eigenvalue weighted by molar-refractivity contribution is 6.38. The fourth-order valence-electron chi connectivity index (χ4n) is 0.933. The molecule has 0 aliphatic heterocycles. The molecule has 0 rings (SSSR count). The van der Waals surface area contributed by atoms with Gasteiger partial charge in [0, 0.05) is 16.6 Å². The normalized spacial score (nSPS) is 14.5. The van der Waals surface area contributed by atoms with Crippen LogP contribution in [-0.4, -0.2) is 12.7 Å². The summed E-state index contributed by atoms with van der Waals surface area (Å²) in [6.07, 6.45) is 2.66. The number of hydrogen-bond acceptors (Lipinski definition) is 1. The summed E-state index contributed by atoms with van der Waals surface area (Å²) < 4.78 is 0. The molecule has 0 amide bonds. The maximum Gasteiger partial charge on any atom is 0.331 e. The van der Waals surface area contributed by atoms with Crippen molar-refractivity contribution in [1.82, 2.24) is 5.32 Å². The number of halogens is 2. The van der Waals surface area contributed by atoms with Gasteiger partial charge in [0.1, 0.15) is 0 Å². The second-order valence-corrected chi connectivity index (χ2v) is 4.14. The van der Waals surface area contributed by atoms with Crippen molar-refractivity contribution in [3.63, 3.8) is 0 Å². The minimum absolute atomic E-state index is 0.136. The molecule has 0 heterocycles. The van der Waals surface area contributed by atoms with Crippen molar-refractivity contribution in [2.75, 3.05) is 6.54 Å². The van der Waals surface area contributed by atoms with Crippen LogP contribution in [0, 0.1) is 6.57 Å². The Kier molecular flexibility index (Phi) is 7.98. The van der Waals surface area contributed by atoms with Gasteiger partial charge in [-0.05, 0) is 13.3 Å². The molecule has 0 fully saturated rings. The Hall–Kier alpha value is -0.230. The van der Waals surface area contributed by atoms with E-state index in [9.17, 15) is 0 Å². The molecule has 0 aromatic rings. The van der Waals surface area contributed by atoms with Gasteiger partial charge in [-0.1, -0.05) is 41.4 Å². The van der Waals surface area contributed by atoms with Crippen LogP contribution in [0.25, 0.3) is 4.85 Å². The molecule has 2 nitrogen and oxygen atoms in total. The molecule has 0 radical (unpaired) electrons. The predicted molar refractivity (Wildman–Crippen MR) is 64.0 cm³/mol. The molecule has 0 aliphatic carbocycles. The second-order valence-electron chi connectivity index (χ2n) is 3.12. The standard InChI is InChI=1S/C10H17Cl2N2/c1-4-5-6-14-10(13-3)7-9(12)8(2)11/h3,10,14H,4-7H2,1-2H3/q+1/b9-8-/t10-/m1/s1. The first kappa shape index (κ1) is 13.8. The summed E-state index contributed by atoms with van der Waals surface area (Å²) in [7, 11) is 0. The number of unbranched alkanes of at least 4 members (excludes halogenated alkanes) is 1. The summed E-state index contributed by atoms with van der Waals surface area (Å²) in [4.78, 5) is 3.69. The van der Waals surface area contributed by atoms with E-state index in [1.54, 1.807) is 6.92 Å². The van der Waals surface area contributed by atoms with Crippen LogP contribution in [0.5, 0.6) is 0 Å². The maximum absolute atomic E-state index is 5.89. The quantitative estimate of drug-likeness (QED) is 0.694. The largest absolute Gasteiger partial charge is 0.331 e. The van der Waals surface area contributed by atoms with Gasteiger partial charge in [-0.25, -0.2) is 5.32 Å². The van der Waals surface area contributed by atoms with Crippen LogP contribution in [0.3, 0.4) is 0 Å². The number of rotatable bonds is 6. The first-order valence-corrected chi connectivity index (χ1v) is 5.51. The van der Waals surface area contributed by atoms with Crippen LogP contribution in [0.1, 0.15) is 33.1 Å². The van der Waals surface area contributed by atoms with Crippen molar-refractivity contribution in [3.8, 4) is 6.57 Å². The summed E-state index contributed by atoms with van der Waals surface area (Å²) in [6.45, 7) is 10.0. The lowest BCUT2D eigenvalue weighted by atomic mass is 10.3. The molecule has 0 bridgehead atoms. The molecular weight excluding hydrogens is 219 g/mol. The lowest BCUT2D eigenvalue weighted by molar-refractivity contribution is 0.569. The van der Waals surface area contributed by atoms with E-state index < -0.39 is 0 Å². The monoisotopic (exact) mass is 235 g/mol. The fraction of sp³-hybridized carbons (Fsp3) is 0.700. The first-order chi connectivity index (χ1) is 6.61. The van der Waals surface area contributed by atoms with E-state index >= 15 is 0 Å². The molecule has 1 N–H and O–H groups in total. The van der Waals surface area contributed by atoms with Gasteiger partial charge in [-0.15, -0.1) is 0 Å². The van der Waals surface area contributed by atoms with Gasteiger partial charge >= 0.3 is 6.17 Å². The molecule has 0 unspecified atom stereocenters. The van der Waals surface area contributed by atoms with Gasteiger partial charge in [0.25, 0.3) is 6.57 Å². The zero-order valence-corrected chi connectivity index (χ0v) is 10.2. The predicted octanol–water partition coefficient (Wildman–Crippen LogP) is 3.76. The van der Waals surface area contributed by atoms with E-state index in [1.807, 2.05) is 0 Å². The van der Waals surface area contributed by atoms with Crippen LogP contribution in [0.4, 0.5) is 0 Å². The molecule has 14 heavy (non-hydrogen) atoms. The zero-order valence-electron chi connectivity index (χ0n) is 8.69. The molecule has 0 aliphatic rings. The number of nitrogens with one attached hydrogen (secondary N) is 1. The minimum atomic E-state index is -0.136. The van der Waals surface area contributed by atoms with Gasteiger partial charge in [0.05, 0.1) is 6.42 Å². The Balaban J connectivity index is 3.93. The zero-order chi connectivity index (χ0) is 11.0. The van der Waals surface area contributed by atoms with E-state index in [1.165, 1.54) is 0 Å². The van der Waals surface area contributed by atoms with E-state index in [4.69, 9.17) is 29.8 Å². The third kappa shape index (κ3) is 6.26. The lowest BCUT2D eigenvalue weighted by Gasteiger charge is -2.04. The molecular formula is C10H17Cl2N2+. The van der Waals surface area contributed by atoms with Gasteiger partial charge in [-0.3, -0.25) is 0 Å². The first-order valence-electron chi connectivity index (χ1n) is 4.76. The highest BCUT2D eigenvalue weighted by Gasteiger charge is 2.17. The van der Waals surface area contributed by atoms with Gasteiger partial charge in [0.2, 0.25) is 0 Å². The topological polar surface area (TPSA) is 16.4 Å². The number of nitrogens with zero attached hydrogens (tertiary/aromatic N) is 1. The SMILES string of the molecule is C#[N+][C@@H](C/C(Cl)=C(\C)Cl)NCCCC. The number of hydrogen-bond donors (Lipinski definition) is 1. The third-order valence-corrected chi connectivity index (χ3v) is 2.60. The molecule has 0 aromatic carbocycles. The molecule has 0 saturated carbocycles. The summed E-state index contributed by atoms with van der Waals surface area (Å²) in [6, 6.07) is 0. The van der Waals surface area contributed by atoms with Gasteiger partial charge < -0.3 is 0 Å². The van der Waals surface area contributed by atoms with Crippen LogP contribution >= 0.6 is 23.2 Å². The van der Waals surface area contributed by atoms with Crippen molar-refractivity contribution in [2.45, 2.75) is 39.3 Å². The smallest absolute Gasteiger partial charge is 0.243 e. The van der Waals surface area contributed by atoms with Crippen molar-refractivity contribution in [2.24, 2.45) is 0 Å². The Morgan fingerprint density at radius 2 is 2.14 bits per heavy atom. The Morgan fingerprint density at radius 3 is 2.57 bits per heavy atom. The molecule has 4 heteroatoms. The van der Waals surface area contributed by atoms with Crippen molar-refractivity contribution in [3.05, 3.63) is 14.9 Å².